The van der Waals surface area contributed by atoms with Gasteiger partial charge in [-0.2, -0.15) is 0 Å². The van der Waals surface area contributed by atoms with Crippen molar-refractivity contribution in [2.75, 3.05) is 39.6 Å². The van der Waals surface area contributed by atoms with Crippen molar-refractivity contribution in [1.82, 2.24) is 0 Å². The molecule has 0 bridgehead atoms. The van der Waals surface area contributed by atoms with Crippen LogP contribution < -0.4 is 0 Å². The first-order chi connectivity index (χ1) is 48.7. The van der Waals surface area contributed by atoms with Crippen LogP contribution in [0.3, 0.4) is 0 Å². The maximum absolute atomic E-state index is 13.1. The Labute approximate surface area is 603 Å². The second kappa shape index (κ2) is 71.6. The Morgan fingerprint density at radius 2 is 0.530 bits per heavy atom. The summed E-state index contributed by atoms with van der Waals surface area (Å²) in [6.45, 7) is 4.23. The van der Waals surface area contributed by atoms with Crippen molar-refractivity contribution in [3.8, 4) is 0 Å². The normalized spacial score (nSPS) is 15.0. The fourth-order valence-electron chi connectivity index (χ4n) is 8.80. The minimum atomic E-state index is -5.01. The van der Waals surface area contributed by atoms with Crippen molar-refractivity contribution in [2.24, 2.45) is 0 Å². The zero-order valence-electron chi connectivity index (χ0n) is 61.3. The molecule has 0 aliphatic heterocycles. The summed E-state index contributed by atoms with van der Waals surface area (Å²) in [6, 6.07) is 0. The quantitative estimate of drug-likeness (QED) is 0.0169. The highest BCUT2D eigenvalue weighted by Gasteiger charge is 2.30. The van der Waals surface area contributed by atoms with E-state index in [4.69, 9.17) is 37.0 Å². The van der Waals surface area contributed by atoms with Crippen LogP contribution in [0.2, 0.25) is 0 Å². The van der Waals surface area contributed by atoms with E-state index in [2.05, 4.69) is 192 Å². The second-order valence-electron chi connectivity index (χ2n) is 23.7. The number of aliphatic hydroxyl groups excluding tert-OH is 1. The number of carbonyl (C=O) groups is 4. The van der Waals surface area contributed by atoms with Gasteiger partial charge in [0.1, 0.15) is 19.3 Å². The molecule has 0 amide bonds. The van der Waals surface area contributed by atoms with Crippen molar-refractivity contribution < 1.29 is 80.2 Å². The summed E-state index contributed by atoms with van der Waals surface area (Å²) in [7, 11) is -10.0. The van der Waals surface area contributed by atoms with Gasteiger partial charge in [-0.15, -0.1) is 0 Å². The maximum Gasteiger partial charge on any atom is 0.472 e. The van der Waals surface area contributed by atoms with Gasteiger partial charge < -0.3 is 33.8 Å². The van der Waals surface area contributed by atoms with E-state index in [0.29, 0.717) is 38.5 Å². The summed E-state index contributed by atoms with van der Waals surface area (Å²) in [5, 5.41) is 10.6. The van der Waals surface area contributed by atoms with E-state index < -0.39 is 97.5 Å². The molecule has 100 heavy (non-hydrogen) atoms. The summed E-state index contributed by atoms with van der Waals surface area (Å²) in [6.07, 6.45) is 84.8. The highest BCUT2D eigenvalue weighted by molar-refractivity contribution is 7.47. The minimum absolute atomic E-state index is 0.0218. The Bertz CT molecular complexity index is 2620. The van der Waals surface area contributed by atoms with E-state index >= 15 is 0 Å². The zero-order chi connectivity index (χ0) is 73.2. The molecule has 5 atom stereocenters. The van der Waals surface area contributed by atoms with Crippen molar-refractivity contribution in [3.63, 3.8) is 0 Å². The lowest BCUT2D eigenvalue weighted by molar-refractivity contribution is -0.161. The van der Waals surface area contributed by atoms with Crippen LogP contribution in [0, 0.1) is 0 Å². The van der Waals surface area contributed by atoms with Gasteiger partial charge in [-0.1, -0.05) is 236 Å². The number of hydrogen-bond donors (Lipinski definition) is 3. The molecule has 0 aromatic carbocycles. The summed E-state index contributed by atoms with van der Waals surface area (Å²) in [5.74, 6) is -2.38. The molecule has 0 heterocycles. The average molecular weight is 1440 g/mol. The second-order valence-corrected chi connectivity index (χ2v) is 26.6. The molecular formula is C81H128O17P2. The molecule has 0 fully saturated rings. The Kier molecular flexibility index (Phi) is 67.4. The molecule has 17 nitrogen and oxygen atoms in total. The standard InChI is InChI=1S/C81H128O17P2/c1-5-9-13-17-21-25-29-33-36-37-40-43-46-50-54-58-62-66-79(84)92-72-77(98-81(86)68-64-60-56-52-48-44-39-35-31-27-23-19-15-11-7-3)74-96-100(89,90)94-70-75(82)69-93-99(87,88)95-73-76(97-80(85)67-63-59-55-51-47-41-32-28-24-20-16-12-8-4)71-91-78(83)65-61-57-53-49-45-42-38-34-30-26-22-18-14-10-6-2/h9-11,13-16,20-23,25-28,32-36,38-40,43,45,48-50,52,54,75-77,82H,5-8,12,17-19,24,29-31,37,41-42,44,46-47,51,53,55-74H2,1-4H3,(H,87,88)(H,89,90)/b13-9-,14-10-,15-11-,20-16-,25-21-,26-22-,27-23-,32-28-,36-33-,38-34-,39-35-,43-40-,49-45-,52-48-,54-50-. The number of carbonyl (C=O) groups excluding carboxylic acids is 4. The van der Waals surface area contributed by atoms with Gasteiger partial charge in [0.25, 0.3) is 0 Å². The van der Waals surface area contributed by atoms with E-state index in [1.54, 1.807) is 0 Å². The third-order valence-electron chi connectivity index (χ3n) is 14.3. The fourth-order valence-corrected chi connectivity index (χ4v) is 10.4. The lowest BCUT2D eigenvalue weighted by atomic mass is 10.1. The van der Waals surface area contributed by atoms with Gasteiger partial charge in [-0.3, -0.25) is 37.3 Å². The highest BCUT2D eigenvalue weighted by Crippen LogP contribution is 2.45. The Balaban J connectivity index is 5.50. The number of phosphoric acid groups is 2. The molecule has 0 aromatic rings. The van der Waals surface area contributed by atoms with Crippen LogP contribution in [0.1, 0.15) is 246 Å². The summed E-state index contributed by atoms with van der Waals surface area (Å²) >= 11 is 0. The van der Waals surface area contributed by atoms with Crippen LogP contribution in [-0.4, -0.2) is 96.7 Å². The SMILES string of the molecule is CC/C=C\C/C=C\C/C=C\C/C=C\C/C=C\CCCC(=O)OCC(COP(=O)(O)OCC(O)COP(=O)(O)OCC(COC(=O)CCCC/C=C\C/C=C\C/C=C\C/C=C\CC)OC(=O)CCCCCCC/C=C\C/C=C\CCC)OC(=O)CCCC/C=C\C/C=C\C/C=C\C/C=C\CC. The third kappa shape index (κ3) is 70.6. The van der Waals surface area contributed by atoms with Gasteiger partial charge in [0.15, 0.2) is 12.2 Å². The van der Waals surface area contributed by atoms with Gasteiger partial charge in [0, 0.05) is 25.7 Å². The van der Waals surface area contributed by atoms with Gasteiger partial charge >= 0.3 is 39.5 Å². The van der Waals surface area contributed by atoms with Crippen molar-refractivity contribution >= 4 is 39.5 Å². The molecule has 3 N–H and O–H groups in total. The average Bonchev–Trinajstić information content (AvgIpc) is 1.06. The van der Waals surface area contributed by atoms with E-state index in [1.165, 1.54) is 0 Å². The van der Waals surface area contributed by atoms with E-state index in [0.717, 1.165) is 154 Å². The summed E-state index contributed by atoms with van der Waals surface area (Å²) in [4.78, 5) is 72.8. The lowest BCUT2D eigenvalue weighted by Gasteiger charge is -2.21. The van der Waals surface area contributed by atoms with Crippen LogP contribution in [0.15, 0.2) is 182 Å². The van der Waals surface area contributed by atoms with Gasteiger partial charge in [0.05, 0.1) is 26.4 Å². The molecule has 0 aromatic heterocycles. The molecule has 564 valence electrons. The first-order valence-corrected chi connectivity index (χ1v) is 40.0. The van der Waals surface area contributed by atoms with Crippen LogP contribution in [0.5, 0.6) is 0 Å². The molecule has 19 heteroatoms. The van der Waals surface area contributed by atoms with E-state index in [-0.39, 0.29) is 25.7 Å². The molecule has 0 saturated heterocycles. The lowest BCUT2D eigenvalue weighted by Crippen LogP contribution is -2.30. The molecule has 0 aliphatic carbocycles. The monoisotopic (exact) mass is 1430 g/mol. The largest absolute Gasteiger partial charge is 0.472 e. The smallest absolute Gasteiger partial charge is 0.462 e. The van der Waals surface area contributed by atoms with Gasteiger partial charge in [-0.05, 0) is 167 Å². The van der Waals surface area contributed by atoms with E-state index in [9.17, 15) is 43.2 Å². The van der Waals surface area contributed by atoms with Gasteiger partial charge in [-0.25, -0.2) is 9.13 Å². The zero-order valence-corrected chi connectivity index (χ0v) is 63.1. The Morgan fingerprint density at radius 1 is 0.290 bits per heavy atom. The van der Waals surface area contributed by atoms with Crippen molar-refractivity contribution in [1.29, 1.82) is 0 Å². The summed E-state index contributed by atoms with van der Waals surface area (Å²) in [5.41, 5.74) is 0. The van der Waals surface area contributed by atoms with Crippen LogP contribution in [0.25, 0.3) is 0 Å². The number of unbranched alkanes of at least 4 members (excludes halogenated alkanes) is 11. The topological polar surface area (TPSA) is 237 Å². The Morgan fingerprint density at radius 3 is 0.860 bits per heavy atom. The first kappa shape index (κ1) is 94.2. The molecular weight excluding hydrogens is 1310 g/mol. The Hall–Kier alpha value is -5.84. The van der Waals surface area contributed by atoms with E-state index in [1.807, 2.05) is 18.2 Å². The third-order valence-corrected chi connectivity index (χ3v) is 16.2. The molecule has 0 radical (unpaired) electrons. The predicted molar refractivity (Wildman–Crippen MR) is 408 cm³/mol. The maximum atomic E-state index is 13.1. The number of ether oxygens (including phenoxy) is 4. The fraction of sp³-hybridized carbons (Fsp3) is 0.580. The van der Waals surface area contributed by atoms with Crippen LogP contribution in [-0.2, 0) is 65.4 Å². The number of esters is 4. The van der Waals surface area contributed by atoms with Crippen molar-refractivity contribution in [2.45, 2.75) is 264 Å². The number of hydrogen-bond acceptors (Lipinski definition) is 15. The minimum Gasteiger partial charge on any atom is -0.462 e. The molecule has 0 saturated carbocycles. The molecule has 0 rings (SSSR count). The number of aliphatic hydroxyl groups is 1. The number of allylic oxidation sites excluding steroid dienone is 30. The molecule has 0 spiro atoms. The van der Waals surface area contributed by atoms with Crippen LogP contribution >= 0.6 is 15.6 Å². The highest BCUT2D eigenvalue weighted by atomic mass is 31.2. The van der Waals surface area contributed by atoms with Crippen LogP contribution in [0.4, 0.5) is 0 Å². The van der Waals surface area contributed by atoms with Crippen molar-refractivity contribution in [3.05, 3.63) is 182 Å². The molecule has 5 unspecified atom stereocenters. The van der Waals surface area contributed by atoms with Gasteiger partial charge in [0.2, 0.25) is 0 Å². The predicted octanol–water partition coefficient (Wildman–Crippen LogP) is 21.2. The first-order valence-electron chi connectivity index (χ1n) is 37.0. The number of rotatable bonds is 67. The number of phosphoric ester groups is 2. The molecule has 0 aliphatic rings. The summed E-state index contributed by atoms with van der Waals surface area (Å²) < 4.78 is 68.2.